The second kappa shape index (κ2) is 6.60. The summed E-state index contributed by atoms with van der Waals surface area (Å²) in [6.45, 7) is 2.67. The van der Waals surface area contributed by atoms with Crippen molar-refractivity contribution in [1.29, 1.82) is 0 Å². The molecule has 2 rings (SSSR count). The molecule has 0 aliphatic heterocycles. The lowest BCUT2D eigenvalue weighted by molar-refractivity contribution is 0.616. The van der Waals surface area contributed by atoms with Crippen molar-refractivity contribution >= 4 is 33.4 Å². The summed E-state index contributed by atoms with van der Waals surface area (Å²) in [6.07, 6.45) is 1.94. The van der Waals surface area contributed by atoms with Crippen molar-refractivity contribution < 1.29 is 8.78 Å². The van der Waals surface area contributed by atoms with E-state index in [0.717, 1.165) is 12.6 Å². The van der Waals surface area contributed by atoms with Crippen LogP contribution in [0.25, 0.3) is 0 Å². The maximum absolute atomic E-state index is 13.7. The molecule has 0 saturated heterocycles. The van der Waals surface area contributed by atoms with Gasteiger partial charge in [-0.2, -0.15) is 4.98 Å². The SMILES string of the molecule is CCCNc1ncc(F)c(Nc2cc(Br)ccc2F)n1. The molecule has 4 nitrogen and oxygen atoms in total. The van der Waals surface area contributed by atoms with Gasteiger partial charge in [-0.05, 0) is 24.6 Å². The topological polar surface area (TPSA) is 49.8 Å². The monoisotopic (exact) mass is 342 g/mol. The third kappa shape index (κ3) is 3.63. The van der Waals surface area contributed by atoms with Crippen LogP contribution < -0.4 is 10.6 Å². The predicted octanol–water partition coefficient (Wildman–Crippen LogP) is 4.08. The average Bonchev–Trinajstić information content (AvgIpc) is 2.43. The van der Waals surface area contributed by atoms with Crippen LogP contribution in [0.4, 0.5) is 26.2 Å². The molecule has 0 amide bonds. The average molecular weight is 343 g/mol. The van der Waals surface area contributed by atoms with Gasteiger partial charge < -0.3 is 10.6 Å². The highest BCUT2D eigenvalue weighted by Gasteiger charge is 2.10. The van der Waals surface area contributed by atoms with Crippen LogP contribution in [-0.2, 0) is 0 Å². The van der Waals surface area contributed by atoms with Crippen LogP contribution in [0.2, 0.25) is 0 Å². The zero-order valence-electron chi connectivity index (χ0n) is 10.8. The Bertz CT molecular complexity index is 607. The van der Waals surface area contributed by atoms with E-state index >= 15 is 0 Å². The highest BCUT2D eigenvalue weighted by molar-refractivity contribution is 9.10. The van der Waals surface area contributed by atoms with E-state index in [4.69, 9.17) is 0 Å². The summed E-state index contributed by atoms with van der Waals surface area (Å²) in [4.78, 5) is 7.80. The molecule has 1 aromatic carbocycles. The van der Waals surface area contributed by atoms with E-state index in [2.05, 4.69) is 36.5 Å². The number of anilines is 3. The third-order valence-corrected chi connectivity index (χ3v) is 2.95. The Morgan fingerprint density at radius 2 is 2.05 bits per heavy atom. The number of aromatic nitrogens is 2. The van der Waals surface area contributed by atoms with Crippen molar-refractivity contribution in [3.8, 4) is 0 Å². The number of hydrogen-bond donors (Lipinski definition) is 2. The summed E-state index contributed by atoms with van der Waals surface area (Å²) in [7, 11) is 0. The molecular weight excluding hydrogens is 330 g/mol. The lowest BCUT2D eigenvalue weighted by Crippen LogP contribution is -2.07. The predicted molar refractivity (Wildman–Crippen MR) is 78.2 cm³/mol. The zero-order valence-corrected chi connectivity index (χ0v) is 12.3. The molecule has 7 heteroatoms. The quantitative estimate of drug-likeness (QED) is 0.859. The Hall–Kier alpha value is -1.76. The summed E-state index contributed by atoms with van der Waals surface area (Å²) in [5.74, 6) is -0.914. The molecule has 1 aromatic heterocycles. The normalized spacial score (nSPS) is 10.4. The Balaban J connectivity index is 2.25. The van der Waals surface area contributed by atoms with Crippen molar-refractivity contribution in [2.24, 2.45) is 0 Å². The van der Waals surface area contributed by atoms with Crippen molar-refractivity contribution in [2.45, 2.75) is 13.3 Å². The summed E-state index contributed by atoms with van der Waals surface area (Å²) in [5.41, 5.74) is 0.137. The van der Waals surface area contributed by atoms with Crippen molar-refractivity contribution in [3.63, 3.8) is 0 Å². The second-order valence-electron chi connectivity index (χ2n) is 4.07. The molecule has 1 heterocycles. The van der Waals surface area contributed by atoms with Gasteiger partial charge in [0.2, 0.25) is 5.95 Å². The minimum Gasteiger partial charge on any atom is -0.354 e. The molecule has 0 bridgehead atoms. The number of halogens is 3. The smallest absolute Gasteiger partial charge is 0.224 e. The van der Waals surface area contributed by atoms with E-state index < -0.39 is 11.6 Å². The third-order valence-electron chi connectivity index (χ3n) is 2.46. The Morgan fingerprint density at radius 1 is 1.25 bits per heavy atom. The van der Waals surface area contributed by atoms with Gasteiger partial charge in [0.1, 0.15) is 5.82 Å². The van der Waals surface area contributed by atoms with Crippen LogP contribution in [0.1, 0.15) is 13.3 Å². The highest BCUT2D eigenvalue weighted by Crippen LogP contribution is 2.24. The van der Waals surface area contributed by atoms with Gasteiger partial charge in [0.25, 0.3) is 0 Å². The summed E-state index contributed by atoms with van der Waals surface area (Å²) < 4.78 is 28.0. The van der Waals surface area contributed by atoms with E-state index in [9.17, 15) is 8.78 Å². The maximum Gasteiger partial charge on any atom is 0.224 e. The maximum atomic E-state index is 13.7. The lowest BCUT2D eigenvalue weighted by Gasteiger charge is -2.10. The van der Waals surface area contributed by atoms with Gasteiger partial charge in [0, 0.05) is 11.0 Å². The van der Waals surface area contributed by atoms with Crippen LogP contribution in [0, 0.1) is 11.6 Å². The first-order chi connectivity index (χ1) is 9.60. The van der Waals surface area contributed by atoms with Gasteiger partial charge in [-0.1, -0.05) is 22.9 Å². The van der Waals surface area contributed by atoms with Gasteiger partial charge in [-0.3, -0.25) is 0 Å². The number of nitrogens with zero attached hydrogens (tertiary/aromatic N) is 2. The van der Waals surface area contributed by atoms with Gasteiger partial charge in [0.15, 0.2) is 11.6 Å². The molecule has 20 heavy (non-hydrogen) atoms. The highest BCUT2D eigenvalue weighted by atomic mass is 79.9. The Labute approximate surface area is 123 Å². The summed E-state index contributed by atoms with van der Waals surface area (Å²) in [5, 5.41) is 5.57. The first-order valence-electron chi connectivity index (χ1n) is 6.08. The molecule has 0 fully saturated rings. The fourth-order valence-electron chi connectivity index (χ4n) is 1.50. The van der Waals surface area contributed by atoms with Gasteiger partial charge in [0.05, 0.1) is 11.9 Å². The molecule has 106 valence electrons. The lowest BCUT2D eigenvalue weighted by atomic mass is 10.3. The zero-order chi connectivity index (χ0) is 14.5. The van der Waals surface area contributed by atoms with E-state index in [1.165, 1.54) is 12.1 Å². The summed E-state index contributed by atoms with van der Waals surface area (Å²) >= 11 is 3.23. The molecule has 2 N–H and O–H groups in total. The minimum absolute atomic E-state index is 0.0735. The molecular formula is C13H13BrF2N4. The van der Waals surface area contributed by atoms with E-state index in [1.807, 2.05) is 6.92 Å². The molecule has 0 saturated carbocycles. The number of hydrogen-bond acceptors (Lipinski definition) is 4. The Kier molecular flexibility index (Phi) is 4.84. The molecule has 0 atom stereocenters. The van der Waals surface area contributed by atoms with E-state index in [0.29, 0.717) is 17.0 Å². The van der Waals surface area contributed by atoms with Gasteiger partial charge >= 0.3 is 0 Å². The van der Waals surface area contributed by atoms with Crippen molar-refractivity contribution in [2.75, 3.05) is 17.2 Å². The van der Waals surface area contributed by atoms with Crippen molar-refractivity contribution in [3.05, 3.63) is 40.5 Å². The Morgan fingerprint density at radius 3 is 2.80 bits per heavy atom. The molecule has 0 unspecified atom stereocenters. The second-order valence-corrected chi connectivity index (χ2v) is 4.98. The van der Waals surface area contributed by atoms with Crippen LogP contribution in [0.15, 0.2) is 28.9 Å². The number of rotatable bonds is 5. The van der Waals surface area contributed by atoms with Crippen LogP contribution in [0.5, 0.6) is 0 Å². The van der Waals surface area contributed by atoms with E-state index in [1.54, 1.807) is 6.07 Å². The minimum atomic E-state index is -0.647. The van der Waals surface area contributed by atoms with Crippen LogP contribution in [-0.4, -0.2) is 16.5 Å². The van der Waals surface area contributed by atoms with Gasteiger partial charge in [-0.25, -0.2) is 13.8 Å². The van der Waals surface area contributed by atoms with E-state index in [-0.39, 0.29) is 11.5 Å². The van der Waals surface area contributed by atoms with Gasteiger partial charge in [-0.15, -0.1) is 0 Å². The molecule has 0 spiro atoms. The first kappa shape index (κ1) is 14.6. The summed E-state index contributed by atoms with van der Waals surface area (Å²) in [6, 6.07) is 4.35. The number of nitrogens with one attached hydrogen (secondary N) is 2. The fraction of sp³-hybridized carbons (Fsp3) is 0.231. The molecule has 2 aromatic rings. The molecule has 0 aliphatic rings. The van der Waals surface area contributed by atoms with Crippen LogP contribution >= 0.6 is 15.9 Å². The molecule has 0 aliphatic carbocycles. The van der Waals surface area contributed by atoms with Crippen molar-refractivity contribution in [1.82, 2.24) is 9.97 Å². The first-order valence-corrected chi connectivity index (χ1v) is 6.88. The standard InChI is InChI=1S/C13H13BrF2N4/c1-2-5-17-13-18-7-10(16)12(20-13)19-11-6-8(14)3-4-9(11)15/h3-4,6-7H,2,5H2,1H3,(H2,17,18,19,20). The number of benzene rings is 1. The van der Waals surface area contributed by atoms with Crippen LogP contribution in [0.3, 0.4) is 0 Å². The molecule has 0 radical (unpaired) electrons. The largest absolute Gasteiger partial charge is 0.354 e. The fourth-order valence-corrected chi connectivity index (χ4v) is 1.86.